The molecule has 2 aromatic carbocycles. The molecule has 0 spiro atoms. The number of hydrogen-bond acceptors (Lipinski definition) is 3. The monoisotopic (exact) mass is 380 g/mol. The molecule has 0 saturated carbocycles. The van der Waals surface area contributed by atoms with E-state index in [1.807, 2.05) is 0 Å². The van der Waals surface area contributed by atoms with Crippen LogP contribution in [-0.4, -0.2) is 12.5 Å². The fourth-order valence-corrected chi connectivity index (χ4v) is 2.58. The van der Waals surface area contributed by atoms with E-state index >= 15 is 0 Å². The van der Waals surface area contributed by atoms with Crippen molar-refractivity contribution in [2.24, 2.45) is 0 Å². The van der Waals surface area contributed by atoms with E-state index in [1.165, 1.54) is 36.4 Å². The topological polar surface area (TPSA) is 50.4 Å². The number of amides is 1. The lowest BCUT2D eigenvalue weighted by atomic mass is 10.2. The van der Waals surface area contributed by atoms with Gasteiger partial charge in [-0.05, 0) is 30.3 Å². The van der Waals surface area contributed by atoms with Crippen molar-refractivity contribution in [3.8, 4) is 5.75 Å². The first-order valence-corrected chi connectivity index (χ1v) is 7.26. The van der Waals surface area contributed by atoms with Crippen LogP contribution < -0.4 is 15.6 Å². The molecule has 2 N–H and O–H groups in total. The second kappa shape index (κ2) is 7.68. The summed E-state index contributed by atoms with van der Waals surface area (Å²) in [7, 11) is 0. The number of benzene rings is 2. The van der Waals surface area contributed by atoms with E-state index in [4.69, 9.17) is 34.8 Å². The fraction of sp³-hybridized carbons (Fsp3) is 0.0714. The molecule has 0 fully saturated rings. The van der Waals surface area contributed by atoms with Crippen molar-refractivity contribution < 1.29 is 18.3 Å². The molecule has 0 aliphatic carbocycles. The molecule has 4 nitrogen and oxygen atoms in total. The molecule has 0 atom stereocenters. The van der Waals surface area contributed by atoms with Gasteiger partial charge in [0.15, 0.2) is 0 Å². The molecule has 0 aromatic heterocycles. The van der Waals surface area contributed by atoms with Gasteiger partial charge < -0.3 is 4.74 Å². The van der Waals surface area contributed by atoms with Gasteiger partial charge in [0.25, 0.3) is 5.91 Å². The van der Waals surface area contributed by atoms with Crippen LogP contribution in [0, 0.1) is 0 Å². The van der Waals surface area contributed by atoms with Gasteiger partial charge in [-0.1, -0.05) is 40.9 Å². The van der Waals surface area contributed by atoms with Gasteiger partial charge in [0.05, 0.1) is 15.7 Å². The Morgan fingerprint density at radius 2 is 1.74 bits per heavy atom. The molecular formula is C14H9Cl3F2N2O2. The minimum absolute atomic E-state index is 0.108. The van der Waals surface area contributed by atoms with Gasteiger partial charge in [-0.3, -0.25) is 15.6 Å². The molecule has 0 bridgehead atoms. The molecule has 0 radical (unpaired) electrons. The van der Waals surface area contributed by atoms with Crippen molar-refractivity contribution in [2.75, 3.05) is 5.43 Å². The van der Waals surface area contributed by atoms with Crippen LogP contribution in [0.15, 0.2) is 36.4 Å². The lowest BCUT2D eigenvalue weighted by Crippen LogP contribution is -2.29. The Kier molecular flexibility index (Phi) is 5.87. The third-order valence-electron chi connectivity index (χ3n) is 2.63. The van der Waals surface area contributed by atoms with Crippen molar-refractivity contribution in [1.29, 1.82) is 0 Å². The normalized spacial score (nSPS) is 10.5. The standard InChI is InChI=1S/C14H9Cl3F2N2O2/c15-8-5-10(16)12(11(17)6-8)20-21-13(22)7-2-1-3-9(4-7)23-14(18)19/h1-6,14,20H,(H,21,22). The van der Waals surface area contributed by atoms with Gasteiger partial charge in [-0.25, -0.2) is 0 Å². The minimum atomic E-state index is -2.97. The zero-order valence-electron chi connectivity index (χ0n) is 11.2. The maximum absolute atomic E-state index is 12.2. The lowest BCUT2D eigenvalue weighted by Gasteiger charge is -2.12. The molecule has 0 aliphatic heterocycles. The summed E-state index contributed by atoms with van der Waals surface area (Å²) < 4.78 is 28.6. The highest BCUT2D eigenvalue weighted by molar-refractivity contribution is 6.41. The molecule has 1 amide bonds. The summed E-state index contributed by atoms with van der Waals surface area (Å²) in [5.41, 5.74) is 5.27. The molecule has 9 heteroatoms. The number of anilines is 1. The zero-order valence-corrected chi connectivity index (χ0v) is 13.5. The molecule has 2 rings (SSSR count). The molecular weight excluding hydrogens is 373 g/mol. The van der Waals surface area contributed by atoms with Crippen molar-refractivity contribution >= 4 is 46.4 Å². The molecule has 122 valence electrons. The Labute approximate surface area is 145 Å². The Morgan fingerprint density at radius 3 is 2.35 bits per heavy atom. The van der Waals surface area contributed by atoms with Crippen LogP contribution in [0.3, 0.4) is 0 Å². The van der Waals surface area contributed by atoms with Gasteiger partial charge in [0, 0.05) is 10.6 Å². The van der Waals surface area contributed by atoms with Crippen LogP contribution >= 0.6 is 34.8 Å². The zero-order chi connectivity index (χ0) is 17.0. The number of carbonyl (C=O) groups excluding carboxylic acids is 1. The number of carbonyl (C=O) groups is 1. The molecule has 23 heavy (non-hydrogen) atoms. The number of ether oxygens (including phenoxy) is 1. The summed E-state index contributed by atoms with van der Waals surface area (Å²) in [5.74, 6) is -0.720. The fourth-order valence-electron chi connectivity index (χ4n) is 1.67. The van der Waals surface area contributed by atoms with Crippen molar-refractivity contribution in [3.05, 3.63) is 57.0 Å². The number of rotatable bonds is 5. The molecule has 0 heterocycles. The number of hydrogen-bond donors (Lipinski definition) is 2. The average Bonchev–Trinajstić information content (AvgIpc) is 2.45. The van der Waals surface area contributed by atoms with Crippen LogP contribution in [0.1, 0.15) is 10.4 Å². The van der Waals surface area contributed by atoms with Crippen LogP contribution in [0.2, 0.25) is 15.1 Å². The predicted octanol–water partition coefficient (Wildman–Crippen LogP) is 5.01. The van der Waals surface area contributed by atoms with Gasteiger partial charge in [0.2, 0.25) is 0 Å². The first-order valence-electron chi connectivity index (χ1n) is 6.12. The second-order valence-corrected chi connectivity index (χ2v) is 5.48. The van der Waals surface area contributed by atoms with E-state index in [2.05, 4.69) is 15.6 Å². The molecule has 2 aromatic rings. The third kappa shape index (κ3) is 4.86. The average molecular weight is 382 g/mol. The summed E-state index contributed by atoms with van der Waals surface area (Å²) in [6, 6.07) is 8.22. The maximum Gasteiger partial charge on any atom is 0.387 e. The predicted molar refractivity (Wildman–Crippen MR) is 85.6 cm³/mol. The van der Waals surface area contributed by atoms with Gasteiger partial charge in [-0.2, -0.15) is 8.78 Å². The SMILES string of the molecule is O=C(NNc1c(Cl)cc(Cl)cc1Cl)c1cccc(OC(F)F)c1. The van der Waals surface area contributed by atoms with Crippen molar-refractivity contribution in [3.63, 3.8) is 0 Å². The molecule has 0 aliphatic rings. The van der Waals surface area contributed by atoms with Crippen molar-refractivity contribution in [1.82, 2.24) is 5.43 Å². The number of hydrazine groups is 1. The second-order valence-electron chi connectivity index (χ2n) is 4.23. The van der Waals surface area contributed by atoms with E-state index in [0.717, 1.165) is 0 Å². The van der Waals surface area contributed by atoms with E-state index in [1.54, 1.807) is 0 Å². The quantitative estimate of drug-likeness (QED) is 0.716. The van der Waals surface area contributed by atoms with Gasteiger partial charge >= 0.3 is 6.61 Å². The largest absolute Gasteiger partial charge is 0.435 e. The van der Waals surface area contributed by atoms with E-state index < -0.39 is 12.5 Å². The van der Waals surface area contributed by atoms with Crippen LogP contribution in [0.25, 0.3) is 0 Å². The minimum Gasteiger partial charge on any atom is -0.435 e. The van der Waals surface area contributed by atoms with E-state index in [0.29, 0.717) is 5.02 Å². The Bertz CT molecular complexity index is 706. The molecule has 0 saturated heterocycles. The summed E-state index contributed by atoms with van der Waals surface area (Å²) in [4.78, 5) is 12.0. The highest BCUT2D eigenvalue weighted by atomic mass is 35.5. The van der Waals surface area contributed by atoms with E-state index in [9.17, 15) is 13.6 Å². The van der Waals surface area contributed by atoms with Crippen LogP contribution in [-0.2, 0) is 0 Å². The van der Waals surface area contributed by atoms with Gasteiger partial charge in [-0.15, -0.1) is 0 Å². The molecule has 0 unspecified atom stereocenters. The van der Waals surface area contributed by atoms with Crippen LogP contribution in [0.4, 0.5) is 14.5 Å². The van der Waals surface area contributed by atoms with Crippen LogP contribution in [0.5, 0.6) is 5.75 Å². The first kappa shape index (κ1) is 17.6. The van der Waals surface area contributed by atoms with Crippen molar-refractivity contribution in [2.45, 2.75) is 6.61 Å². The lowest BCUT2D eigenvalue weighted by molar-refractivity contribution is -0.0498. The highest BCUT2D eigenvalue weighted by Crippen LogP contribution is 2.33. The summed E-state index contributed by atoms with van der Waals surface area (Å²) in [5, 5.41) is 0.754. The maximum atomic E-state index is 12.2. The smallest absolute Gasteiger partial charge is 0.387 e. The Hall–Kier alpha value is -1.76. The van der Waals surface area contributed by atoms with Gasteiger partial charge in [0.1, 0.15) is 5.75 Å². The Balaban J connectivity index is 2.08. The third-order valence-corrected chi connectivity index (χ3v) is 3.44. The number of alkyl halides is 2. The summed E-state index contributed by atoms with van der Waals surface area (Å²) in [6.07, 6.45) is 0. The number of nitrogens with one attached hydrogen (secondary N) is 2. The Morgan fingerprint density at radius 1 is 1.09 bits per heavy atom. The highest BCUT2D eigenvalue weighted by Gasteiger charge is 2.12. The van der Waals surface area contributed by atoms with E-state index in [-0.39, 0.29) is 27.0 Å². The number of halogens is 5. The first-order chi connectivity index (χ1) is 10.9. The summed E-state index contributed by atoms with van der Waals surface area (Å²) in [6.45, 7) is -2.97. The summed E-state index contributed by atoms with van der Waals surface area (Å²) >= 11 is 17.7.